The molecule has 0 atom stereocenters. The van der Waals surface area contributed by atoms with Crippen molar-refractivity contribution >= 4 is 40.5 Å². The Morgan fingerprint density at radius 1 is 1.33 bits per heavy atom. The fourth-order valence-electron chi connectivity index (χ4n) is 1.91. The highest BCUT2D eigenvalue weighted by Crippen LogP contribution is 2.27. The van der Waals surface area contributed by atoms with Gasteiger partial charge in [-0.2, -0.15) is 0 Å². The van der Waals surface area contributed by atoms with Crippen molar-refractivity contribution in [3.05, 3.63) is 27.3 Å². The highest BCUT2D eigenvalue weighted by Gasteiger charge is 2.21. The fourth-order valence-corrected chi connectivity index (χ4v) is 2.40. The van der Waals surface area contributed by atoms with E-state index in [0.717, 1.165) is 31.0 Å². The summed E-state index contributed by atoms with van der Waals surface area (Å²) in [7, 11) is 0. The lowest BCUT2D eigenvalue weighted by Gasteiger charge is -2.29. The summed E-state index contributed by atoms with van der Waals surface area (Å²) in [4.78, 5) is 11.2. The SMILES string of the molecule is Ic1ccc2c(c1)C1=NCCCN1C=N2. The quantitative estimate of drug-likeness (QED) is 0.676. The fraction of sp³-hybridized carbons (Fsp3) is 0.273. The molecule has 1 aromatic rings. The Morgan fingerprint density at radius 2 is 2.27 bits per heavy atom. The molecule has 0 bridgehead atoms. The summed E-state index contributed by atoms with van der Waals surface area (Å²) in [5.41, 5.74) is 2.21. The van der Waals surface area contributed by atoms with Crippen molar-refractivity contribution in [1.82, 2.24) is 4.90 Å². The van der Waals surface area contributed by atoms with Gasteiger partial charge in [-0.05, 0) is 47.2 Å². The van der Waals surface area contributed by atoms with Crippen LogP contribution in [0.15, 0.2) is 28.2 Å². The number of nitrogens with zero attached hydrogens (tertiary/aromatic N) is 3. The lowest BCUT2D eigenvalue weighted by Crippen LogP contribution is -2.37. The average molecular weight is 311 g/mol. The van der Waals surface area contributed by atoms with Crippen LogP contribution in [0.1, 0.15) is 12.0 Å². The van der Waals surface area contributed by atoms with Gasteiger partial charge < -0.3 is 4.90 Å². The Hall–Kier alpha value is -0.910. The van der Waals surface area contributed by atoms with Gasteiger partial charge in [-0.1, -0.05) is 0 Å². The molecule has 3 rings (SSSR count). The first-order valence-electron chi connectivity index (χ1n) is 5.00. The number of amidine groups is 1. The number of benzene rings is 1. The van der Waals surface area contributed by atoms with E-state index >= 15 is 0 Å². The van der Waals surface area contributed by atoms with Crippen molar-refractivity contribution in [2.75, 3.05) is 13.1 Å². The molecule has 3 nitrogen and oxygen atoms in total. The van der Waals surface area contributed by atoms with Gasteiger partial charge in [0.1, 0.15) is 5.84 Å². The smallest absolute Gasteiger partial charge is 0.138 e. The third-order valence-electron chi connectivity index (χ3n) is 2.63. The summed E-state index contributed by atoms with van der Waals surface area (Å²) in [6.07, 6.45) is 3.02. The summed E-state index contributed by atoms with van der Waals surface area (Å²) in [5, 5.41) is 0. The molecule has 0 aliphatic carbocycles. The first-order chi connectivity index (χ1) is 7.34. The van der Waals surface area contributed by atoms with Crippen molar-refractivity contribution in [3.63, 3.8) is 0 Å². The zero-order valence-corrected chi connectivity index (χ0v) is 10.3. The molecule has 0 fully saturated rings. The standard InChI is InChI=1S/C11H10IN3/c12-8-2-3-10-9(6-8)11-13-4-1-5-15(11)7-14-10/h2-3,6-7H,1,4-5H2. The van der Waals surface area contributed by atoms with Crippen LogP contribution in [0.3, 0.4) is 0 Å². The Labute approximate surface area is 102 Å². The van der Waals surface area contributed by atoms with Crippen molar-refractivity contribution in [2.24, 2.45) is 9.98 Å². The molecular formula is C11H10IN3. The van der Waals surface area contributed by atoms with E-state index < -0.39 is 0 Å². The largest absolute Gasteiger partial charge is 0.317 e. The number of hydrogen-bond acceptors (Lipinski definition) is 3. The summed E-state index contributed by atoms with van der Waals surface area (Å²) in [5.74, 6) is 1.09. The number of fused-ring (bicyclic) bond motifs is 3. The molecule has 0 spiro atoms. The Balaban J connectivity index is 2.18. The van der Waals surface area contributed by atoms with Gasteiger partial charge in [0, 0.05) is 22.2 Å². The van der Waals surface area contributed by atoms with E-state index in [1.54, 1.807) is 0 Å². The van der Waals surface area contributed by atoms with Gasteiger partial charge in [-0.25, -0.2) is 4.99 Å². The second kappa shape index (κ2) is 3.59. The van der Waals surface area contributed by atoms with E-state index in [4.69, 9.17) is 0 Å². The van der Waals surface area contributed by atoms with E-state index in [2.05, 4.69) is 55.7 Å². The van der Waals surface area contributed by atoms with Crippen LogP contribution in [0.2, 0.25) is 0 Å². The molecule has 4 heteroatoms. The first-order valence-corrected chi connectivity index (χ1v) is 6.08. The van der Waals surface area contributed by atoms with Crippen LogP contribution < -0.4 is 0 Å². The molecule has 0 amide bonds. The molecular weight excluding hydrogens is 301 g/mol. The molecule has 2 aliphatic heterocycles. The van der Waals surface area contributed by atoms with Gasteiger partial charge >= 0.3 is 0 Å². The third-order valence-corrected chi connectivity index (χ3v) is 3.30. The van der Waals surface area contributed by atoms with E-state index in [9.17, 15) is 0 Å². The molecule has 2 heterocycles. The Kier molecular flexibility index (Phi) is 2.23. The van der Waals surface area contributed by atoms with Crippen LogP contribution in [-0.4, -0.2) is 30.2 Å². The van der Waals surface area contributed by atoms with Gasteiger partial charge in [0.05, 0.1) is 12.0 Å². The van der Waals surface area contributed by atoms with Crippen molar-refractivity contribution in [2.45, 2.75) is 6.42 Å². The maximum atomic E-state index is 4.58. The van der Waals surface area contributed by atoms with E-state index in [1.807, 2.05) is 6.34 Å². The van der Waals surface area contributed by atoms with Gasteiger partial charge in [0.15, 0.2) is 0 Å². The molecule has 1 aromatic carbocycles. The Bertz CT molecular complexity index is 465. The normalized spacial score (nSPS) is 18.2. The molecule has 0 radical (unpaired) electrons. The number of hydrogen-bond donors (Lipinski definition) is 0. The number of rotatable bonds is 0. The molecule has 0 saturated carbocycles. The van der Waals surface area contributed by atoms with Crippen LogP contribution in [0.5, 0.6) is 0 Å². The first kappa shape index (κ1) is 9.33. The summed E-state index contributed by atoms with van der Waals surface area (Å²) in [6, 6.07) is 6.29. The average Bonchev–Trinajstić information content (AvgIpc) is 2.29. The minimum atomic E-state index is 0.935. The second-order valence-electron chi connectivity index (χ2n) is 3.66. The number of halogens is 1. The predicted octanol–water partition coefficient (Wildman–Crippen LogP) is 2.42. The van der Waals surface area contributed by atoms with Gasteiger partial charge in [0.25, 0.3) is 0 Å². The maximum absolute atomic E-state index is 4.58. The van der Waals surface area contributed by atoms with Crippen LogP contribution in [0, 0.1) is 3.57 Å². The van der Waals surface area contributed by atoms with Crippen LogP contribution >= 0.6 is 22.6 Å². The second-order valence-corrected chi connectivity index (χ2v) is 4.90. The zero-order chi connectivity index (χ0) is 10.3. The predicted molar refractivity (Wildman–Crippen MR) is 70.0 cm³/mol. The maximum Gasteiger partial charge on any atom is 0.138 e. The summed E-state index contributed by atoms with van der Waals surface area (Å²) >= 11 is 2.32. The molecule has 15 heavy (non-hydrogen) atoms. The highest BCUT2D eigenvalue weighted by atomic mass is 127. The summed E-state index contributed by atoms with van der Waals surface area (Å²) in [6.45, 7) is 1.97. The van der Waals surface area contributed by atoms with Crippen molar-refractivity contribution < 1.29 is 0 Å². The topological polar surface area (TPSA) is 28.0 Å². The van der Waals surface area contributed by atoms with Crippen LogP contribution in [-0.2, 0) is 0 Å². The van der Waals surface area contributed by atoms with Gasteiger partial charge in [0.2, 0.25) is 0 Å². The van der Waals surface area contributed by atoms with E-state index in [1.165, 1.54) is 9.13 Å². The summed E-state index contributed by atoms with van der Waals surface area (Å²) < 4.78 is 1.23. The highest BCUT2D eigenvalue weighted by molar-refractivity contribution is 14.1. The van der Waals surface area contributed by atoms with E-state index in [0.29, 0.717) is 0 Å². The minimum Gasteiger partial charge on any atom is -0.317 e. The van der Waals surface area contributed by atoms with E-state index in [-0.39, 0.29) is 0 Å². The van der Waals surface area contributed by atoms with Crippen LogP contribution in [0.25, 0.3) is 0 Å². The molecule has 76 valence electrons. The Morgan fingerprint density at radius 3 is 3.20 bits per heavy atom. The molecule has 0 saturated heterocycles. The molecule has 2 aliphatic rings. The monoisotopic (exact) mass is 311 g/mol. The minimum absolute atomic E-state index is 0.935. The lowest BCUT2D eigenvalue weighted by molar-refractivity contribution is 0.558. The van der Waals surface area contributed by atoms with Crippen molar-refractivity contribution in [1.29, 1.82) is 0 Å². The van der Waals surface area contributed by atoms with Crippen LogP contribution in [0.4, 0.5) is 5.69 Å². The van der Waals surface area contributed by atoms with Gasteiger partial charge in [-0.15, -0.1) is 0 Å². The molecule has 0 aromatic heterocycles. The number of aliphatic imine (C=N–C) groups is 2. The molecule has 0 N–H and O–H groups in total. The third kappa shape index (κ3) is 1.56. The zero-order valence-electron chi connectivity index (χ0n) is 8.15. The molecule has 0 unspecified atom stereocenters. The lowest BCUT2D eigenvalue weighted by atomic mass is 10.1. The van der Waals surface area contributed by atoms with Gasteiger partial charge in [-0.3, -0.25) is 4.99 Å². The van der Waals surface area contributed by atoms with Crippen molar-refractivity contribution in [3.8, 4) is 0 Å².